The lowest BCUT2D eigenvalue weighted by molar-refractivity contribution is -0.143. The van der Waals surface area contributed by atoms with E-state index in [9.17, 15) is 14.4 Å². The van der Waals surface area contributed by atoms with Crippen LogP contribution in [0.1, 0.15) is 38.5 Å². The number of halogens is 1. The topological polar surface area (TPSA) is 66.9 Å². The zero-order valence-corrected chi connectivity index (χ0v) is 19.4. The minimum Gasteiger partial charge on any atom is -0.484 e. The van der Waals surface area contributed by atoms with Gasteiger partial charge in [-0.15, -0.1) is 0 Å². The molecule has 3 amide bonds. The predicted octanol–water partition coefficient (Wildman–Crippen LogP) is 4.16. The van der Waals surface area contributed by atoms with Crippen LogP contribution < -0.4 is 9.64 Å². The Balaban J connectivity index is 1.55. The van der Waals surface area contributed by atoms with Gasteiger partial charge in [0.05, 0.1) is 12.1 Å². The number of benzene rings is 2. The van der Waals surface area contributed by atoms with Crippen molar-refractivity contribution in [3.05, 3.63) is 58.2 Å². The fourth-order valence-electron chi connectivity index (χ4n) is 4.42. The third-order valence-corrected chi connectivity index (χ3v) is 6.62. The number of ether oxygens (including phenoxy) is 1. The molecule has 1 saturated carbocycles. The first-order valence-electron chi connectivity index (χ1n) is 10.7. The van der Waals surface area contributed by atoms with E-state index in [0.29, 0.717) is 11.4 Å². The van der Waals surface area contributed by atoms with Crippen molar-refractivity contribution in [3.63, 3.8) is 0 Å². The van der Waals surface area contributed by atoms with Crippen LogP contribution in [0.2, 0.25) is 0 Å². The van der Waals surface area contributed by atoms with Crippen LogP contribution in [0.3, 0.4) is 0 Å². The van der Waals surface area contributed by atoms with Gasteiger partial charge in [-0.05, 0) is 71.8 Å². The molecule has 1 atom stereocenters. The summed E-state index contributed by atoms with van der Waals surface area (Å²) in [5, 5.41) is 0. The summed E-state index contributed by atoms with van der Waals surface area (Å²) >= 11 is 2.18. The monoisotopic (exact) mass is 532 g/mol. The van der Waals surface area contributed by atoms with Crippen molar-refractivity contribution in [1.29, 1.82) is 0 Å². The summed E-state index contributed by atoms with van der Waals surface area (Å²) in [4.78, 5) is 42.3. The molecule has 31 heavy (non-hydrogen) atoms. The molecular weight excluding hydrogens is 507 g/mol. The molecule has 1 unspecified atom stereocenters. The average Bonchev–Trinajstić information content (AvgIpc) is 3.08. The Bertz CT molecular complexity index is 942. The first-order valence-corrected chi connectivity index (χ1v) is 11.7. The Morgan fingerprint density at radius 2 is 1.68 bits per heavy atom. The van der Waals surface area contributed by atoms with Gasteiger partial charge in [0.1, 0.15) is 11.8 Å². The first-order chi connectivity index (χ1) is 15.0. The molecule has 0 aromatic heterocycles. The summed E-state index contributed by atoms with van der Waals surface area (Å²) < 4.78 is 6.71. The number of carbonyl (C=O) groups is 3. The number of hydrogen-bond acceptors (Lipinski definition) is 4. The normalized spacial score (nSPS) is 19.5. The number of anilines is 1. The fourth-order valence-corrected chi connectivity index (χ4v) is 4.78. The Hall–Kier alpha value is -2.42. The number of imide groups is 1. The number of nitrogens with zero attached hydrogens (tertiary/aromatic N) is 2. The lowest BCUT2D eigenvalue weighted by atomic mass is 9.92. The molecule has 162 valence electrons. The molecule has 0 N–H and O–H groups in total. The lowest BCUT2D eigenvalue weighted by Crippen LogP contribution is -2.52. The summed E-state index contributed by atoms with van der Waals surface area (Å²) in [5.74, 6) is -0.237. The van der Waals surface area contributed by atoms with Gasteiger partial charge in [0.2, 0.25) is 5.91 Å². The Morgan fingerprint density at radius 3 is 2.35 bits per heavy atom. The number of carbonyl (C=O) groups excluding carboxylic acids is 3. The molecular formula is C24H25IN2O4. The number of amides is 3. The third-order valence-electron chi connectivity index (χ3n) is 5.91. The molecule has 2 aromatic rings. The number of hydrogen-bond donors (Lipinski definition) is 0. The quantitative estimate of drug-likeness (QED) is 0.414. The molecule has 6 nitrogen and oxygen atoms in total. The van der Waals surface area contributed by atoms with Crippen molar-refractivity contribution in [3.8, 4) is 5.75 Å². The highest BCUT2D eigenvalue weighted by molar-refractivity contribution is 14.1. The molecule has 2 aromatic carbocycles. The SMILES string of the molecule is O=C1CC(N(C(=O)COc2ccccc2)C2CCCCC2)C(=O)N1c1ccc(I)cc1. The molecule has 7 heteroatoms. The summed E-state index contributed by atoms with van der Waals surface area (Å²) in [6, 6.07) is 15.6. The van der Waals surface area contributed by atoms with Crippen LogP contribution in [-0.2, 0) is 14.4 Å². The molecule has 2 aliphatic rings. The van der Waals surface area contributed by atoms with Crippen LogP contribution in [0.5, 0.6) is 5.75 Å². The van der Waals surface area contributed by atoms with Crippen LogP contribution in [0.4, 0.5) is 5.69 Å². The summed E-state index contributed by atoms with van der Waals surface area (Å²) in [6.07, 6.45) is 4.87. The van der Waals surface area contributed by atoms with Crippen LogP contribution in [-0.4, -0.2) is 41.3 Å². The summed E-state index contributed by atoms with van der Waals surface area (Å²) in [5.41, 5.74) is 0.550. The van der Waals surface area contributed by atoms with Crippen molar-refractivity contribution in [2.45, 2.75) is 50.6 Å². The summed E-state index contributed by atoms with van der Waals surface area (Å²) in [6.45, 7) is -0.151. The van der Waals surface area contributed by atoms with E-state index in [4.69, 9.17) is 4.74 Å². The Kier molecular flexibility index (Phi) is 6.89. The van der Waals surface area contributed by atoms with Gasteiger partial charge < -0.3 is 9.64 Å². The zero-order valence-electron chi connectivity index (χ0n) is 17.2. The number of rotatable bonds is 6. The van der Waals surface area contributed by atoms with Crippen LogP contribution in [0.15, 0.2) is 54.6 Å². The molecule has 1 saturated heterocycles. The van der Waals surface area contributed by atoms with Gasteiger partial charge in [-0.3, -0.25) is 14.4 Å². The summed E-state index contributed by atoms with van der Waals surface area (Å²) in [7, 11) is 0. The molecule has 0 radical (unpaired) electrons. The van der Waals surface area contributed by atoms with E-state index in [1.165, 1.54) is 4.90 Å². The lowest BCUT2D eigenvalue weighted by Gasteiger charge is -2.37. The van der Waals surface area contributed by atoms with Crippen LogP contribution >= 0.6 is 22.6 Å². The van der Waals surface area contributed by atoms with Gasteiger partial charge >= 0.3 is 0 Å². The maximum absolute atomic E-state index is 13.3. The second-order valence-electron chi connectivity index (χ2n) is 7.96. The van der Waals surface area contributed by atoms with Crippen LogP contribution in [0, 0.1) is 3.57 Å². The molecule has 1 aliphatic heterocycles. The van der Waals surface area contributed by atoms with Gasteiger partial charge in [0.25, 0.3) is 11.8 Å². The smallest absolute Gasteiger partial charge is 0.261 e. The highest BCUT2D eigenvalue weighted by atomic mass is 127. The minimum atomic E-state index is -0.776. The van der Waals surface area contributed by atoms with E-state index in [2.05, 4.69) is 22.6 Å². The van der Waals surface area contributed by atoms with Gasteiger partial charge in [-0.25, -0.2) is 4.90 Å². The average molecular weight is 532 g/mol. The Morgan fingerprint density at radius 1 is 1.00 bits per heavy atom. The van der Waals surface area contributed by atoms with Gasteiger partial charge in [0, 0.05) is 9.61 Å². The van der Waals surface area contributed by atoms with Crippen molar-refractivity contribution in [1.82, 2.24) is 4.90 Å². The molecule has 4 rings (SSSR count). The molecule has 0 bridgehead atoms. The largest absolute Gasteiger partial charge is 0.484 e. The van der Waals surface area contributed by atoms with E-state index < -0.39 is 6.04 Å². The van der Waals surface area contributed by atoms with E-state index in [1.54, 1.807) is 29.2 Å². The molecule has 0 spiro atoms. The van der Waals surface area contributed by atoms with E-state index >= 15 is 0 Å². The zero-order chi connectivity index (χ0) is 21.8. The maximum Gasteiger partial charge on any atom is 0.261 e. The highest BCUT2D eigenvalue weighted by Gasteiger charge is 2.46. The third kappa shape index (κ3) is 4.92. The van der Waals surface area contributed by atoms with Gasteiger partial charge in [-0.2, -0.15) is 0 Å². The Labute approximate surface area is 195 Å². The minimum absolute atomic E-state index is 0.0123. The maximum atomic E-state index is 13.3. The molecule has 1 aliphatic carbocycles. The predicted molar refractivity (Wildman–Crippen MR) is 126 cm³/mol. The van der Waals surface area contributed by atoms with Crippen molar-refractivity contribution in [2.75, 3.05) is 11.5 Å². The highest BCUT2D eigenvalue weighted by Crippen LogP contribution is 2.31. The van der Waals surface area contributed by atoms with Crippen molar-refractivity contribution >= 4 is 46.0 Å². The van der Waals surface area contributed by atoms with E-state index in [-0.39, 0.29) is 36.8 Å². The first kappa shape index (κ1) is 21.8. The van der Waals surface area contributed by atoms with Gasteiger partial charge in [0.15, 0.2) is 6.61 Å². The van der Waals surface area contributed by atoms with E-state index in [1.807, 2.05) is 30.3 Å². The van der Waals surface area contributed by atoms with Crippen molar-refractivity contribution in [2.24, 2.45) is 0 Å². The van der Waals surface area contributed by atoms with Crippen molar-refractivity contribution < 1.29 is 19.1 Å². The van der Waals surface area contributed by atoms with Gasteiger partial charge in [-0.1, -0.05) is 37.5 Å². The number of para-hydroxylation sites is 1. The second-order valence-corrected chi connectivity index (χ2v) is 9.20. The fraction of sp³-hybridized carbons (Fsp3) is 0.375. The molecule has 1 heterocycles. The standard InChI is InChI=1S/C24H25IN2O4/c25-17-11-13-19(14-12-17)27-22(28)15-21(24(27)30)26(18-7-3-1-4-8-18)23(29)16-31-20-9-5-2-6-10-20/h2,5-6,9-14,18,21H,1,3-4,7-8,15-16H2. The van der Waals surface area contributed by atoms with Crippen LogP contribution in [0.25, 0.3) is 0 Å². The molecule has 2 fully saturated rings. The second kappa shape index (κ2) is 9.80. The van der Waals surface area contributed by atoms with E-state index in [0.717, 1.165) is 35.7 Å².